The van der Waals surface area contributed by atoms with Gasteiger partial charge in [0.1, 0.15) is 0 Å². The molecule has 0 aromatic carbocycles. The van der Waals surface area contributed by atoms with Crippen LogP contribution < -0.4 is 0 Å². The lowest BCUT2D eigenvalue weighted by atomic mass is 10.3. The van der Waals surface area contributed by atoms with Crippen LogP contribution in [0.5, 0.6) is 0 Å². The van der Waals surface area contributed by atoms with Crippen LogP contribution in [0, 0.1) is 0 Å². The Balaban J connectivity index is 3.94. The van der Waals surface area contributed by atoms with Gasteiger partial charge in [-0.25, -0.2) is 0 Å². The van der Waals surface area contributed by atoms with E-state index in [0.29, 0.717) is 0 Å². The molecule has 0 saturated carbocycles. The van der Waals surface area contributed by atoms with Gasteiger partial charge in [0.25, 0.3) is 0 Å². The highest BCUT2D eigenvalue weighted by atomic mass is 14.7. The van der Waals surface area contributed by atoms with Gasteiger partial charge in [0.05, 0.1) is 0 Å². The molecule has 0 aromatic rings. The zero-order chi connectivity index (χ0) is 6.57. The van der Waals surface area contributed by atoms with Crippen LogP contribution in [0.1, 0.15) is 13.8 Å². The Morgan fingerprint density at radius 3 is 2.12 bits per heavy atom. The number of allylic oxidation sites excluding steroid dienone is 3. The molecule has 0 aliphatic carbocycles. The zero-order valence-corrected chi connectivity index (χ0v) is 5.44. The summed E-state index contributed by atoms with van der Waals surface area (Å²) in [4.78, 5) is 3.68. The molecule has 0 unspecified atom stereocenters. The minimum Gasteiger partial charge on any atom is -0.269 e. The van der Waals surface area contributed by atoms with E-state index in [1.807, 2.05) is 19.9 Å². The van der Waals surface area contributed by atoms with Crippen molar-refractivity contribution in [1.29, 1.82) is 0 Å². The van der Waals surface area contributed by atoms with Crippen molar-refractivity contribution in [3.8, 4) is 0 Å². The number of aliphatic imine (C=N–C) groups is 1. The van der Waals surface area contributed by atoms with Crippen molar-refractivity contribution in [1.82, 2.24) is 0 Å². The molecule has 0 radical (unpaired) electrons. The summed E-state index contributed by atoms with van der Waals surface area (Å²) in [6.45, 7) is 10.8. The van der Waals surface area contributed by atoms with Crippen LogP contribution in [0.2, 0.25) is 0 Å². The highest BCUT2D eigenvalue weighted by Gasteiger charge is 1.78. The van der Waals surface area contributed by atoms with Gasteiger partial charge in [-0.05, 0) is 26.6 Å². The Kier molecular flexibility index (Phi) is 2.85. The van der Waals surface area contributed by atoms with E-state index < -0.39 is 0 Å². The second-order valence-corrected chi connectivity index (χ2v) is 1.79. The van der Waals surface area contributed by atoms with Crippen molar-refractivity contribution in [3.63, 3.8) is 0 Å². The molecule has 44 valence electrons. The van der Waals surface area contributed by atoms with Gasteiger partial charge in [-0.3, -0.25) is 4.99 Å². The highest BCUT2D eigenvalue weighted by molar-refractivity contribution is 5.30. The largest absolute Gasteiger partial charge is 0.269 e. The van der Waals surface area contributed by atoms with Gasteiger partial charge in [-0.15, -0.1) is 0 Å². The third-order valence-electron chi connectivity index (χ3n) is 0.705. The smallest absolute Gasteiger partial charge is 0.0367 e. The van der Waals surface area contributed by atoms with Gasteiger partial charge in [0.2, 0.25) is 0 Å². The summed E-state index contributed by atoms with van der Waals surface area (Å²) in [7, 11) is 0. The Bertz CT molecular complexity index is 131. The maximum absolute atomic E-state index is 3.68. The molecule has 0 bridgehead atoms. The molecule has 0 saturated heterocycles. The molecule has 1 nitrogen and oxygen atoms in total. The van der Waals surface area contributed by atoms with Gasteiger partial charge in [0, 0.05) is 5.70 Å². The number of hydrogen-bond acceptors (Lipinski definition) is 1. The van der Waals surface area contributed by atoms with Gasteiger partial charge in [-0.2, -0.15) is 0 Å². The molecule has 0 fully saturated rings. The zero-order valence-electron chi connectivity index (χ0n) is 5.44. The quantitative estimate of drug-likeness (QED) is 0.380. The Labute approximate surface area is 50.4 Å². The maximum Gasteiger partial charge on any atom is 0.0367 e. The summed E-state index contributed by atoms with van der Waals surface area (Å²) in [6, 6.07) is 0. The second-order valence-electron chi connectivity index (χ2n) is 1.79. The van der Waals surface area contributed by atoms with E-state index in [9.17, 15) is 0 Å². The summed E-state index contributed by atoms with van der Waals surface area (Å²) in [5.41, 5.74) is 1.92. The molecule has 1 heteroatoms. The van der Waals surface area contributed by atoms with Crippen molar-refractivity contribution in [2.24, 2.45) is 4.99 Å². The molecule has 8 heavy (non-hydrogen) atoms. The molecule has 0 amide bonds. The SMILES string of the molecule is C=N/C(C)=C/C(=C)C. The van der Waals surface area contributed by atoms with E-state index in [1.165, 1.54) is 0 Å². The van der Waals surface area contributed by atoms with Crippen molar-refractivity contribution >= 4 is 6.72 Å². The predicted octanol–water partition coefficient (Wildman–Crippen LogP) is 2.17. The second kappa shape index (κ2) is 3.19. The average molecular weight is 109 g/mol. The summed E-state index contributed by atoms with van der Waals surface area (Å²) in [6.07, 6.45) is 1.88. The van der Waals surface area contributed by atoms with E-state index in [0.717, 1.165) is 11.3 Å². The van der Waals surface area contributed by atoms with E-state index in [2.05, 4.69) is 18.3 Å². The fraction of sp³-hybridized carbons (Fsp3) is 0.286. The monoisotopic (exact) mass is 109 g/mol. The van der Waals surface area contributed by atoms with Crippen molar-refractivity contribution in [2.45, 2.75) is 13.8 Å². The molecule has 0 aromatic heterocycles. The minimum atomic E-state index is 0.914. The van der Waals surface area contributed by atoms with E-state index in [4.69, 9.17) is 0 Å². The Morgan fingerprint density at radius 2 is 2.00 bits per heavy atom. The van der Waals surface area contributed by atoms with Crippen LogP contribution >= 0.6 is 0 Å². The fourth-order valence-corrected chi connectivity index (χ4v) is 0.402. The van der Waals surface area contributed by atoms with Crippen LogP contribution in [0.3, 0.4) is 0 Å². The first-order valence-corrected chi connectivity index (χ1v) is 2.47. The molecule has 0 N–H and O–H groups in total. The molecular formula is C7H11N. The topological polar surface area (TPSA) is 12.4 Å². The molecule has 0 atom stereocenters. The standard InChI is InChI=1S/C7H11N/c1-6(2)5-7(3)8-4/h5H,1,4H2,2-3H3/b7-5+. The van der Waals surface area contributed by atoms with E-state index >= 15 is 0 Å². The van der Waals surface area contributed by atoms with E-state index in [-0.39, 0.29) is 0 Å². The third kappa shape index (κ3) is 3.34. The van der Waals surface area contributed by atoms with Crippen LogP contribution in [0.4, 0.5) is 0 Å². The number of nitrogens with zero attached hydrogens (tertiary/aromatic N) is 1. The molecule has 0 spiro atoms. The van der Waals surface area contributed by atoms with Crippen LogP contribution in [0.25, 0.3) is 0 Å². The Morgan fingerprint density at radius 1 is 1.50 bits per heavy atom. The van der Waals surface area contributed by atoms with Crippen molar-refractivity contribution in [3.05, 3.63) is 23.9 Å². The first-order chi connectivity index (χ1) is 3.66. The molecule has 0 aliphatic rings. The summed E-state index contributed by atoms with van der Waals surface area (Å²) < 4.78 is 0. The highest BCUT2D eigenvalue weighted by Crippen LogP contribution is 1.97. The summed E-state index contributed by atoms with van der Waals surface area (Å²) in [5.74, 6) is 0. The number of rotatable bonds is 2. The summed E-state index contributed by atoms with van der Waals surface area (Å²) in [5, 5.41) is 0. The van der Waals surface area contributed by atoms with Crippen LogP contribution in [0.15, 0.2) is 28.9 Å². The van der Waals surface area contributed by atoms with Crippen LogP contribution in [-0.4, -0.2) is 6.72 Å². The third-order valence-corrected chi connectivity index (χ3v) is 0.705. The molecule has 0 aliphatic heterocycles. The average Bonchev–Trinajstić information content (AvgIpc) is 1.65. The number of hydrogen-bond donors (Lipinski definition) is 0. The summed E-state index contributed by atoms with van der Waals surface area (Å²) >= 11 is 0. The predicted molar refractivity (Wildman–Crippen MR) is 38.1 cm³/mol. The van der Waals surface area contributed by atoms with Crippen LogP contribution in [-0.2, 0) is 0 Å². The molecule has 0 heterocycles. The maximum atomic E-state index is 3.68. The van der Waals surface area contributed by atoms with Gasteiger partial charge in [-0.1, -0.05) is 12.2 Å². The minimum absolute atomic E-state index is 0.914. The van der Waals surface area contributed by atoms with Crippen molar-refractivity contribution in [2.75, 3.05) is 0 Å². The lowest BCUT2D eigenvalue weighted by molar-refractivity contribution is 1.30. The van der Waals surface area contributed by atoms with Crippen molar-refractivity contribution < 1.29 is 0 Å². The molecular weight excluding hydrogens is 98.1 g/mol. The van der Waals surface area contributed by atoms with Gasteiger partial charge >= 0.3 is 0 Å². The molecule has 0 rings (SSSR count). The Hall–Kier alpha value is -0.850. The first kappa shape index (κ1) is 7.15. The van der Waals surface area contributed by atoms with Gasteiger partial charge < -0.3 is 0 Å². The lowest BCUT2D eigenvalue weighted by Crippen LogP contribution is -1.67. The van der Waals surface area contributed by atoms with Gasteiger partial charge in [0.15, 0.2) is 0 Å². The first-order valence-electron chi connectivity index (χ1n) is 2.47. The normalized spacial score (nSPS) is 11.0. The van der Waals surface area contributed by atoms with E-state index in [1.54, 1.807) is 0 Å². The lowest BCUT2D eigenvalue weighted by Gasteiger charge is -1.87. The fourth-order valence-electron chi connectivity index (χ4n) is 0.402.